The van der Waals surface area contributed by atoms with E-state index in [-0.39, 0.29) is 5.91 Å². The molecule has 0 saturated carbocycles. The van der Waals surface area contributed by atoms with E-state index in [1.807, 2.05) is 17.0 Å². The minimum atomic E-state index is 0.189. The Kier molecular flexibility index (Phi) is 5.05. The second-order valence-corrected chi connectivity index (χ2v) is 6.86. The zero-order chi connectivity index (χ0) is 17.1. The largest absolute Gasteiger partial charge is 0.472 e. The fourth-order valence-electron chi connectivity index (χ4n) is 3.23. The van der Waals surface area contributed by atoms with E-state index in [9.17, 15) is 4.79 Å². The van der Waals surface area contributed by atoms with Gasteiger partial charge in [-0.3, -0.25) is 4.79 Å². The smallest absolute Gasteiger partial charge is 0.254 e. The fraction of sp³-hybridized carbons (Fsp3) is 0.450. The number of fused-ring (bicyclic) bond motifs is 1. The first-order chi connectivity index (χ1) is 11.5. The van der Waals surface area contributed by atoms with Crippen LogP contribution in [0.1, 0.15) is 39.0 Å². The molecule has 4 heteroatoms. The quantitative estimate of drug-likeness (QED) is 0.782. The Labute approximate surface area is 144 Å². The van der Waals surface area contributed by atoms with Crippen molar-refractivity contribution in [3.8, 4) is 0 Å². The van der Waals surface area contributed by atoms with Crippen LogP contribution in [0, 0.1) is 13.8 Å². The molecule has 1 aliphatic heterocycles. The molecular formula is C20H26N2O2. The topological polar surface area (TPSA) is 36.7 Å². The van der Waals surface area contributed by atoms with Crippen molar-refractivity contribution in [3.05, 3.63) is 58.5 Å². The molecule has 4 nitrogen and oxygen atoms in total. The Morgan fingerprint density at radius 3 is 2.75 bits per heavy atom. The molecule has 0 aliphatic carbocycles. The van der Waals surface area contributed by atoms with E-state index in [0.29, 0.717) is 0 Å². The minimum absolute atomic E-state index is 0.189. The lowest BCUT2D eigenvalue weighted by Crippen LogP contribution is -2.29. The monoisotopic (exact) mass is 326 g/mol. The molecule has 0 atom stereocenters. The van der Waals surface area contributed by atoms with E-state index in [1.54, 1.807) is 12.5 Å². The number of hydrogen-bond acceptors (Lipinski definition) is 3. The van der Waals surface area contributed by atoms with Gasteiger partial charge < -0.3 is 14.2 Å². The normalized spacial score (nSPS) is 13.8. The molecule has 2 heterocycles. The molecule has 0 spiro atoms. The summed E-state index contributed by atoms with van der Waals surface area (Å²) in [6.07, 6.45) is 5.52. The number of likely N-dealkylation sites (N-methyl/N-ethyl adjacent to an activating group) is 1. The van der Waals surface area contributed by atoms with Gasteiger partial charge in [0.2, 0.25) is 0 Å². The summed E-state index contributed by atoms with van der Waals surface area (Å²) < 4.78 is 5.09. The maximum absolute atomic E-state index is 12.5. The molecule has 3 rings (SSSR count). The van der Waals surface area contributed by atoms with Crippen LogP contribution in [0.25, 0.3) is 0 Å². The number of hydrogen-bond donors (Lipinski definition) is 0. The summed E-state index contributed by atoms with van der Waals surface area (Å²) in [6, 6.07) is 6.22. The van der Waals surface area contributed by atoms with E-state index in [0.717, 1.165) is 44.6 Å². The molecule has 0 N–H and O–H groups in total. The van der Waals surface area contributed by atoms with Crippen molar-refractivity contribution >= 4 is 5.91 Å². The van der Waals surface area contributed by atoms with Crippen LogP contribution in [0.15, 0.2) is 35.1 Å². The van der Waals surface area contributed by atoms with Gasteiger partial charge in [-0.15, -0.1) is 0 Å². The van der Waals surface area contributed by atoms with Gasteiger partial charge in [0.05, 0.1) is 12.5 Å². The van der Waals surface area contributed by atoms with E-state index in [2.05, 4.69) is 31.9 Å². The zero-order valence-corrected chi connectivity index (χ0v) is 14.8. The highest BCUT2D eigenvalue weighted by molar-refractivity contribution is 5.98. The highest BCUT2D eigenvalue weighted by atomic mass is 16.3. The summed E-state index contributed by atoms with van der Waals surface area (Å²) in [7, 11) is 2.13. The molecule has 0 bridgehead atoms. The van der Waals surface area contributed by atoms with E-state index in [4.69, 9.17) is 4.42 Å². The Balaban J connectivity index is 1.45. The molecule has 1 aliphatic rings. The lowest BCUT2D eigenvalue weighted by molar-refractivity contribution is 0.0772. The molecule has 24 heavy (non-hydrogen) atoms. The van der Waals surface area contributed by atoms with Crippen molar-refractivity contribution in [3.63, 3.8) is 0 Å². The molecule has 0 fully saturated rings. The maximum Gasteiger partial charge on any atom is 0.254 e. The molecule has 1 aromatic carbocycles. The predicted molar refractivity (Wildman–Crippen MR) is 95.2 cm³/mol. The van der Waals surface area contributed by atoms with Crippen LogP contribution in [0.3, 0.4) is 0 Å². The van der Waals surface area contributed by atoms with Gasteiger partial charge in [0, 0.05) is 25.2 Å². The summed E-state index contributed by atoms with van der Waals surface area (Å²) in [5, 5.41) is 0. The van der Waals surface area contributed by atoms with Crippen molar-refractivity contribution in [1.29, 1.82) is 0 Å². The van der Waals surface area contributed by atoms with Crippen LogP contribution in [0.4, 0.5) is 0 Å². The molecule has 0 radical (unpaired) electrons. The first kappa shape index (κ1) is 16.8. The summed E-state index contributed by atoms with van der Waals surface area (Å²) >= 11 is 0. The zero-order valence-electron chi connectivity index (χ0n) is 14.8. The third-order valence-corrected chi connectivity index (χ3v) is 4.93. The van der Waals surface area contributed by atoms with Crippen LogP contribution < -0.4 is 0 Å². The van der Waals surface area contributed by atoms with Gasteiger partial charge in [-0.1, -0.05) is 6.07 Å². The van der Waals surface area contributed by atoms with E-state index in [1.165, 1.54) is 22.3 Å². The lowest BCUT2D eigenvalue weighted by Gasteiger charge is -2.19. The number of rotatable bonds is 7. The molecule has 1 aromatic heterocycles. The minimum Gasteiger partial charge on any atom is -0.472 e. The molecule has 128 valence electrons. The van der Waals surface area contributed by atoms with E-state index >= 15 is 0 Å². The summed E-state index contributed by atoms with van der Waals surface area (Å²) in [6.45, 7) is 7.76. The predicted octanol–water partition coefficient (Wildman–Crippen LogP) is 3.42. The Morgan fingerprint density at radius 1 is 1.21 bits per heavy atom. The van der Waals surface area contributed by atoms with Crippen molar-refractivity contribution in [2.24, 2.45) is 0 Å². The van der Waals surface area contributed by atoms with E-state index < -0.39 is 0 Å². The van der Waals surface area contributed by atoms with Gasteiger partial charge in [-0.25, -0.2) is 0 Å². The number of carbonyl (C=O) groups excluding carboxylic acids is 1. The molecule has 2 aromatic rings. The lowest BCUT2D eigenvalue weighted by atomic mass is 10.0. The average Bonchev–Trinajstić information content (AvgIpc) is 3.16. The maximum atomic E-state index is 12.5. The van der Waals surface area contributed by atoms with Gasteiger partial charge in [-0.2, -0.15) is 0 Å². The van der Waals surface area contributed by atoms with Crippen molar-refractivity contribution in [1.82, 2.24) is 9.80 Å². The van der Waals surface area contributed by atoms with Crippen molar-refractivity contribution < 1.29 is 9.21 Å². The first-order valence-electron chi connectivity index (χ1n) is 8.63. The first-order valence-corrected chi connectivity index (χ1v) is 8.63. The third kappa shape index (κ3) is 3.70. The summed E-state index contributed by atoms with van der Waals surface area (Å²) in [4.78, 5) is 16.8. The van der Waals surface area contributed by atoms with Crippen LogP contribution in [0.5, 0.6) is 0 Å². The second-order valence-electron chi connectivity index (χ2n) is 6.86. The number of benzene rings is 1. The molecule has 0 saturated heterocycles. The number of carbonyl (C=O) groups is 1. The molecule has 0 unspecified atom stereocenters. The summed E-state index contributed by atoms with van der Waals surface area (Å²) in [5.74, 6) is 0.189. The number of amides is 1. The Hall–Kier alpha value is -2.07. The number of furan rings is 1. The number of aryl methyl sites for hydroxylation is 2. The third-order valence-electron chi connectivity index (χ3n) is 4.93. The van der Waals surface area contributed by atoms with Crippen LogP contribution in [-0.2, 0) is 13.0 Å². The van der Waals surface area contributed by atoms with Crippen molar-refractivity contribution in [2.75, 3.05) is 26.7 Å². The SMILES string of the molecule is Cc1cc2c(cc1C)C(=O)N(CCCN(C)CCc1ccoc1)C2. The molecular weight excluding hydrogens is 300 g/mol. The van der Waals surface area contributed by atoms with Gasteiger partial charge >= 0.3 is 0 Å². The Morgan fingerprint density at radius 2 is 2.00 bits per heavy atom. The molecule has 1 amide bonds. The van der Waals surface area contributed by atoms with Gasteiger partial charge in [0.25, 0.3) is 5.91 Å². The standard InChI is InChI=1S/C20H26N2O2/c1-15-11-18-13-22(20(23)19(18)12-16(15)2)8-4-7-21(3)9-5-17-6-10-24-14-17/h6,10-12,14H,4-5,7-9,13H2,1-3H3. The second kappa shape index (κ2) is 7.22. The van der Waals surface area contributed by atoms with Gasteiger partial charge in [0.15, 0.2) is 0 Å². The van der Waals surface area contributed by atoms with Crippen LogP contribution in [0.2, 0.25) is 0 Å². The van der Waals surface area contributed by atoms with Gasteiger partial charge in [-0.05, 0) is 74.7 Å². The van der Waals surface area contributed by atoms with Crippen LogP contribution in [-0.4, -0.2) is 42.4 Å². The highest BCUT2D eigenvalue weighted by Gasteiger charge is 2.27. The van der Waals surface area contributed by atoms with Gasteiger partial charge in [0.1, 0.15) is 0 Å². The summed E-state index contributed by atoms with van der Waals surface area (Å²) in [5.41, 5.74) is 5.77. The average molecular weight is 326 g/mol. The van der Waals surface area contributed by atoms with Crippen molar-refractivity contribution in [2.45, 2.75) is 33.2 Å². The Bertz CT molecular complexity index is 707. The highest BCUT2D eigenvalue weighted by Crippen LogP contribution is 2.25. The van der Waals surface area contributed by atoms with Crippen LogP contribution >= 0.6 is 0 Å². The number of nitrogens with zero attached hydrogens (tertiary/aromatic N) is 2. The fourth-order valence-corrected chi connectivity index (χ4v) is 3.23.